The molecule has 2 nitrogen and oxygen atoms in total. The molecule has 0 aliphatic rings. The first-order chi connectivity index (χ1) is 3.84. The number of hydrazine groups is 1. The molecule has 8 heavy (non-hydrogen) atoms. The van der Waals surface area contributed by atoms with Crippen molar-refractivity contribution in [3.05, 3.63) is 15.9 Å². The molecule has 0 radical (unpaired) electrons. The fraction of sp³-hybridized carbons (Fsp3) is 0. The van der Waals surface area contributed by atoms with Crippen LogP contribution in [0.25, 0.3) is 0 Å². The summed E-state index contributed by atoms with van der Waals surface area (Å²) in [6, 6.07) is 1.94. The second-order valence-electron chi connectivity index (χ2n) is 1.24. The topological polar surface area (TPSA) is 38.0 Å². The van der Waals surface area contributed by atoms with Crippen LogP contribution in [0.3, 0.4) is 0 Å². The van der Waals surface area contributed by atoms with Gasteiger partial charge in [-0.3, -0.25) is 0 Å². The van der Waals surface area contributed by atoms with E-state index in [9.17, 15) is 0 Å². The molecule has 0 aliphatic heterocycles. The van der Waals surface area contributed by atoms with Gasteiger partial charge in [-0.25, -0.2) is 5.84 Å². The van der Waals surface area contributed by atoms with Crippen LogP contribution in [0, 0.1) is 0 Å². The van der Waals surface area contributed by atoms with E-state index in [2.05, 4.69) is 21.4 Å². The van der Waals surface area contributed by atoms with Gasteiger partial charge in [0.05, 0.1) is 4.47 Å². The Morgan fingerprint density at radius 1 is 1.75 bits per heavy atom. The molecule has 1 aromatic heterocycles. The van der Waals surface area contributed by atoms with Crippen LogP contribution in [-0.4, -0.2) is 0 Å². The number of nitrogens with one attached hydrogen (secondary N) is 1. The van der Waals surface area contributed by atoms with E-state index in [4.69, 9.17) is 5.84 Å². The monoisotopic (exact) mass is 192 g/mol. The number of nitrogens with two attached hydrogens (primary N) is 1. The normalized spacial score (nSPS) is 9.25. The highest BCUT2D eigenvalue weighted by molar-refractivity contribution is 9.10. The van der Waals surface area contributed by atoms with Crippen molar-refractivity contribution in [1.82, 2.24) is 0 Å². The lowest BCUT2D eigenvalue weighted by atomic mass is 10.6. The molecule has 0 spiro atoms. The van der Waals surface area contributed by atoms with Crippen LogP contribution in [-0.2, 0) is 0 Å². The molecule has 0 aliphatic carbocycles. The summed E-state index contributed by atoms with van der Waals surface area (Å²) in [5.41, 5.74) is 2.55. The van der Waals surface area contributed by atoms with Crippen LogP contribution in [0.2, 0.25) is 0 Å². The van der Waals surface area contributed by atoms with E-state index in [-0.39, 0.29) is 0 Å². The molecule has 1 rings (SSSR count). The van der Waals surface area contributed by atoms with Crippen LogP contribution >= 0.6 is 27.3 Å². The van der Waals surface area contributed by atoms with Gasteiger partial charge >= 0.3 is 0 Å². The van der Waals surface area contributed by atoms with E-state index in [0.717, 1.165) is 9.47 Å². The van der Waals surface area contributed by atoms with Crippen LogP contribution in [0.4, 0.5) is 5.00 Å². The Hall–Kier alpha value is -0.0600. The zero-order chi connectivity index (χ0) is 5.98. The number of halogens is 1. The number of anilines is 1. The number of hydrogen-bond acceptors (Lipinski definition) is 3. The Morgan fingerprint density at radius 3 is 2.75 bits per heavy atom. The minimum Gasteiger partial charge on any atom is -0.315 e. The van der Waals surface area contributed by atoms with Crippen molar-refractivity contribution < 1.29 is 0 Å². The average Bonchev–Trinajstić information content (AvgIpc) is 2.14. The van der Waals surface area contributed by atoms with Crippen LogP contribution in [0.15, 0.2) is 15.9 Å². The molecule has 3 N–H and O–H groups in total. The minimum absolute atomic E-state index is 0.963. The molecule has 0 aromatic carbocycles. The maximum absolute atomic E-state index is 5.13. The van der Waals surface area contributed by atoms with Crippen molar-refractivity contribution in [2.24, 2.45) is 5.84 Å². The molecule has 1 aromatic rings. The summed E-state index contributed by atoms with van der Waals surface area (Å²) in [6.45, 7) is 0. The minimum atomic E-state index is 0.963. The number of nitrogen functional groups attached to an aromatic ring is 1. The summed E-state index contributed by atoms with van der Waals surface area (Å²) in [6.07, 6.45) is 0. The first-order valence-electron chi connectivity index (χ1n) is 2.04. The number of hydrogen-bond donors (Lipinski definition) is 2. The quantitative estimate of drug-likeness (QED) is 0.527. The van der Waals surface area contributed by atoms with Gasteiger partial charge in [0.25, 0.3) is 0 Å². The molecular formula is C4H5BrN2S. The van der Waals surface area contributed by atoms with E-state index in [0.29, 0.717) is 0 Å². The van der Waals surface area contributed by atoms with E-state index in [1.54, 1.807) is 11.3 Å². The van der Waals surface area contributed by atoms with Crippen molar-refractivity contribution in [3.63, 3.8) is 0 Å². The number of thiophene rings is 1. The molecule has 1 heterocycles. The van der Waals surface area contributed by atoms with Gasteiger partial charge in [-0.2, -0.15) is 0 Å². The molecule has 4 heteroatoms. The largest absolute Gasteiger partial charge is 0.315 e. The van der Waals surface area contributed by atoms with Crippen molar-refractivity contribution in [3.8, 4) is 0 Å². The average molecular weight is 193 g/mol. The fourth-order valence-corrected chi connectivity index (χ4v) is 1.69. The molecule has 0 saturated heterocycles. The standard InChI is InChI=1S/C4H5BrN2S/c5-3-1-2-8-4(3)7-6/h1-2,7H,6H2. The van der Waals surface area contributed by atoms with Gasteiger partial charge < -0.3 is 5.43 Å². The van der Waals surface area contributed by atoms with Crippen LogP contribution < -0.4 is 11.3 Å². The Morgan fingerprint density at radius 2 is 2.50 bits per heavy atom. The SMILES string of the molecule is NNc1sccc1Br. The fourth-order valence-electron chi connectivity index (χ4n) is 0.397. The molecule has 0 unspecified atom stereocenters. The predicted molar refractivity (Wildman–Crippen MR) is 39.8 cm³/mol. The van der Waals surface area contributed by atoms with E-state index < -0.39 is 0 Å². The number of rotatable bonds is 1. The zero-order valence-corrected chi connectivity index (χ0v) is 6.42. The summed E-state index contributed by atoms with van der Waals surface area (Å²) in [4.78, 5) is 0. The molecule has 44 valence electrons. The summed E-state index contributed by atoms with van der Waals surface area (Å²) in [5, 5.41) is 2.92. The van der Waals surface area contributed by atoms with Crippen molar-refractivity contribution in [2.45, 2.75) is 0 Å². The van der Waals surface area contributed by atoms with Gasteiger partial charge in [-0.1, -0.05) is 0 Å². The van der Waals surface area contributed by atoms with Crippen LogP contribution in [0.1, 0.15) is 0 Å². The maximum Gasteiger partial charge on any atom is 0.117 e. The summed E-state index contributed by atoms with van der Waals surface area (Å²) in [5.74, 6) is 5.13. The Balaban J connectivity index is 2.92. The van der Waals surface area contributed by atoms with Gasteiger partial charge in [0.2, 0.25) is 0 Å². The van der Waals surface area contributed by atoms with Crippen molar-refractivity contribution in [1.29, 1.82) is 0 Å². The Labute approximate surface area is 59.8 Å². The molecule has 0 atom stereocenters. The summed E-state index contributed by atoms with van der Waals surface area (Å²) >= 11 is 4.86. The Bertz CT molecular complexity index is 174. The highest BCUT2D eigenvalue weighted by Gasteiger charge is 1.94. The second-order valence-corrected chi connectivity index (χ2v) is 3.01. The van der Waals surface area contributed by atoms with Gasteiger partial charge in [-0.15, -0.1) is 11.3 Å². The van der Waals surface area contributed by atoms with E-state index in [1.165, 1.54) is 0 Å². The molecule has 0 bridgehead atoms. The maximum atomic E-state index is 5.13. The highest BCUT2D eigenvalue weighted by Crippen LogP contribution is 2.26. The predicted octanol–water partition coefficient (Wildman–Crippen LogP) is 1.80. The van der Waals surface area contributed by atoms with Gasteiger partial charge in [-0.05, 0) is 27.4 Å². The lowest BCUT2D eigenvalue weighted by molar-refractivity contribution is 1.38. The zero-order valence-electron chi connectivity index (χ0n) is 4.02. The van der Waals surface area contributed by atoms with Gasteiger partial charge in [0, 0.05) is 0 Å². The molecule has 0 amide bonds. The third-order valence-corrected chi connectivity index (χ3v) is 2.52. The first kappa shape index (κ1) is 6.07. The lowest BCUT2D eigenvalue weighted by Gasteiger charge is -1.90. The van der Waals surface area contributed by atoms with Gasteiger partial charge in [0.1, 0.15) is 5.00 Å². The van der Waals surface area contributed by atoms with Crippen LogP contribution in [0.5, 0.6) is 0 Å². The summed E-state index contributed by atoms with van der Waals surface area (Å²) < 4.78 is 1.02. The van der Waals surface area contributed by atoms with Crippen molar-refractivity contribution >= 4 is 32.3 Å². The smallest absolute Gasteiger partial charge is 0.117 e. The van der Waals surface area contributed by atoms with E-state index >= 15 is 0 Å². The molecular weight excluding hydrogens is 188 g/mol. The third kappa shape index (κ3) is 1.02. The van der Waals surface area contributed by atoms with Gasteiger partial charge in [0.15, 0.2) is 0 Å². The lowest BCUT2D eigenvalue weighted by Crippen LogP contribution is -2.04. The second kappa shape index (κ2) is 2.48. The molecule has 0 saturated carbocycles. The first-order valence-corrected chi connectivity index (χ1v) is 3.71. The van der Waals surface area contributed by atoms with Crippen molar-refractivity contribution in [2.75, 3.05) is 5.43 Å². The third-order valence-electron chi connectivity index (χ3n) is 0.748. The summed E-state index contributed by atoms with van der Waals surface area (Å²) in [7, 11) is 0. The molecule has 0 fully saturated rings. The Kier molecular flexibility index (Phi) is 1.88. The van der Waals surface area contributed by atoms with E-state index in [1.807, 2.05) is 11.4 Å². The highest BCUT2D eigenvalue weighted by atomic mass is 79.9.